The summed E-state index contributed by atoms with van der Waals surface area (Å²) in [6.45, 7) is 2.05. The summed E-state index contributed by atoms with van der Waals surface area (Å²) >= 11 is 0. The van der Waals surface area contributed by atoms with Crippen LogP contribution in [0.15, 0.2) is 0 Å². The van der Waals surface area contributed by atoms with Crippen LogP contribution in [0.25, 0.3) is 0 Å². The molecule has 1 aliphatic heterocycles. The van der Waals surface area contributed by atoms with Crippen LogP contribution in [0.1, 0.15) is 26.2 Å². The summed E-state index contributed by atoms with van der Waals surface area (Å²) in [5.41, 5.74) is 0. The first-order valence-electron chi connectivity index (χ1n) is 4.56. The van der Waals surface area contributed by atoms with E-state index in [-0.39, 0.29) is 12.0 Å². The van der Waals surface area contributed by atoms with E-state index in [0.717, 1.165) is 19.3 Å². The summed E-state index contributed by atoms with van der Waals surface area (Å²) in [6.07, 6.45) is 3.54. The first-order chi connectivity index (χ1) is 5.68. The molecule has 1 saturated carbocycles. The van der Waals surface area contributed by atoms with Crippen LogP contribution < -0.4 is 0 Å². The van der Waals surface area contributed by atoms with Crippen molar-refractivity contribution >= 4 is 5.97 Å². The van der Waals surface area contributed by atoms with Crippen molar-refractivity contribution in [2.45, 2.75) is 38.4 Å². The predicted octanol–water partition coefficient (Wildman–Crippen LogP) is 1.27. The SMILES string of the molecule is CC1CCC(C2CC2C(=O)O)O1. The number of carboxylic acids is 1. The molecule has 2 aliphatic rings. The number of rotatable bonds is 2. The van der Waals surface area contributed by atoms with E-state index >= 15 is 0 Å². The molecule has 3 heteroatoms. The highest BCUT2D eigenvalue weighted by molar-refractivity contribution is 5.73. The molecule has 0 spiro atoms. The Kier molecular flexibility index (Phi) is 1.83. The van der Waals surface area contributed by atoms with Crippen LogP contribution >= 0.6 is 0 Å². The van der Waals surface area contributed by atoms with Crippen molar-refractivity contribution in [3.63, 3.8) is 0 Å². The quantitative estimate of drug-likeness (QED) is 0.679. The zero-order valence-electron chi connectivity index (χ0n) is 7.19. The van der Waals surface area contributed by atoms with Gasteiger partial charge in [-0.3, -0.25) is 4.79 Å². The molecular weight excluding hydrogens is 156 g/mol. The van der Waals surface area contributed by atoms with Gasteiger partial charge in [0, 0.05) is 0 Å². The lowest BCUT2D eigenvalue weighted by Crippen LogP contribution is -2.14. The van der Waals surface area contributed by atoms with E-state index in [4.69, 9.17) is 9.84 Å². The van der Waals surface area contributed by atoms with Gasteiger partial charge in [-0.2, -0.15) is 0 Å². The number of ether oxygens (including phenoxy) is 1. The van der Waals surface area contributed by atoms with Gasteiger partial charge in [-0.1, -0.05) is 0 Å². The number of carbonyl (C=O) groups is 1. The molecule has 0 aromatic rings. The standard InChI is InChI=1S/C9H14O3/c1-5-2-3-8(12-5)6-4-7(6)9(10)11/h5-8H,2-4H2,1H3,(H,10,11). The van der Waals surface area contributed by atoms with Gasteiger partial charge < -0.3 is 9.84 Å². The highest BCUT2D eigenvalue weighted by atomic mass is 16.5. The molecule has 2 fully saturated rings. The average molecular weight is 170 g/mol. The molecule has 4 atom stereocenters. The van der Waals surface area contributed by atoms with Crippen LogP contribution in [0.4, 0.5) is 0 Å². The van der Waals surface area contributed by atoms with Crippen LogP contribution in [0.2, 0.25) is 0 Å². The maximum absolute atomic E-state index is 10.6. The van der Waals surface area contributed by atoms with E-state index in [1.807, 2.05) is 0 Å². The van der Waals surface area contributed by atoms with Gasteiger partial charge in [-0.25, -0.2) is 0 Å². The molecule has 1 N–H and O–H groups in total. The molecule has 0 aromatic heterocycles. The second-order valence-corrected chi connectivity index (χ2v) is 3.91. The monoisotopic (exact) mass is 170 g/mol. The molecule has 0 bridgehead atoms. The zero-order chi connectivity index (χ0) is 8.72. The van der Waals surface area contributed by atoms with Gasteiger partial charge in [0.05, 0.1) is 18.1 Å². The van der Waals surface area contributed by atoms with Crippen molar-refractivity contribution in [2.75, 3.05) is 0 Å². The van der Waals surface area contributed by atoms with E-state index in [2.05, 4.69) is 6.92 Å². The summed E-state index contributed by atoms with van der Waals surface area (Å²) in [7, 11) is 0. The van der Waals surface area contributed by atoms with E-state index in [1.165, 1.54) is 0 Å². The minimum absolute atomic E-state index is 0.111. The number of carboxylic acid groups (broad SMARTS) is 1. The summed E-state index contributed by atoms with van der Waals surface area (Å²) in [5.74, 6) is -0.448. The van der Waals surface area contributed by atoms with Crippen molar-refractivity contribution in [1.29, 1.82) is 0 Å². The van der Waals surface area contributed by atoms with Crippen molar-refractivity contribution < 1.29 is 14.6 Å². The van der Waals surface area contributed by atoms with E-state index in [1.54, 1.807) is 0 Å². The minimum atomic E-state index is -0.650. The largest absolute Gasteiger partial charge is 0.481 e. The Labute approximate surface area is 71.7 Å². The third-order valence-electron chi connectivity index (χ3n) is 2.90. The van der Waals surface area contributed by atoms with Crippen molar-refractivity contribution in [1.82, 2.24) is 0 Å². The lowest BCUT2D eigenvalue weighted by molar-refractivity contribution is -0.139. The second-order valence-electron chi connectivity index (χ2n) is 3.91. The molecule has 1 saturated heterocycles. The molecule has 12 heavy (non-hydrogen) atoms. The molecular formula is C9H14O3. The molecule has 1 heterocycles. The lowest BCUT2D eigenvalue weighted by Gasteiger charge is -2.08. The molecule has 0 radical (unpaired) electrons. The van der Waals surface area contributed by atoms with Gasteiger partial charge >= 0.3 is 5.97 Å². The zero-order valence-corrected chi connectivity index (χ0v) is 7.19. The highest BCUT2D eigenvalue weighted by Gasteiger charge is 2.49. The van der Waals surface area contributed by atoms with Crippen molar-refractivity contribution in [2.24, 2.45) is 11.8 Å². The molecule has 0 amide bonds. The Bertz CT molecular complexity index is 202. The molecule has 1 aliphatic carbocycles. The fourth-order valence-corrected chi connectivity index (χ4v) is 2.06. The van der Waals surface area contributed by atoms with Gasteiger partial charge in [-0.05, 0) is 32.1 Å². The van der Waals surface area contributed by atoms with Crippen LogP contribution in [-0.4, -0.2) is 23.3 Å². The Balaban J connectivity index is 1.85. The Morgan fingerprint density at radius 1 is 1.50 bits per heavy atom. The summed E-state index contributed by atoms with van der Waals surface area (Å²) in [5, 5.41) is 8.69. The molecule has 3 nitrogen and oxygen atoms in total. The van der Waals surface area contributed by atoms with E-state index in [9.17, 15) is 4.79 Å². The fourth-order valence-electron chi connectivity index (χ4n) is 2.06. The fraction of sp³-hybridized carbons (Fsp3) is 0.889. The van der Waals surface area contributed by atoms with Crippen LogP contribution in [-0.2, 0) is 9.53 Å². The van der Waals surface area contributed by atoms with Gasteiger partial charge in [-0.15, -0.1) is 0 Å². The van der Waals surface area contributed by atoms with Crippen LogP contribution in [0, 0.1) is 11.8 Å². The van der Waals surface area contributed by atoms with Crippen LogP contribution in [0.5, 0.6) is 0 Å². The van der Waals surface area contributed by atoms with Crippen LogP contribution in [0.3, 0.4) is 0 Å². The summed E-state index contributed by atoms with van der Waals surface area (Å²) in [4.78, 5) is 10.6. The normalized spacial score (nSPS) is 46.1. The molecule has 4 unspecified atom stereocenters. The molecule has 2 rings (SSSR count). The third kappa shape index (κ3) is 1.33. The number of aliphatic carboxylic acids is 1. The average Bonchev–Trinajstić information content (AvgIpc) is 2.70. The maximum Gasteiger partial charge on any atom is 0.306 e. The van der Waals surface area contributed by atoms with Gasteiger partial charge in [0.1, 0.15) is 0 Å². The number of hydrogen-bond donors (Lipinski definition) is 1. The maximum atomic E-state index is 10.6. The van der Waals surface area contributed by atoms with Crippen molar-refractivity contribution in [3.05, 3.63) is 0 Å². The first kappa shape index (κ1) is 8.05. The van der Waals surface area contributed by atoms with Gasteiger partial charge in [0.2, 0.25) is 0 Å². The van der Waals surface area contributed by atoms with Gasteiger partial charge in [0.15, 0.2) is 0 Å². The molecule has 68 valence electrons. The predicted molar refractivity (Wildman–Crippen MR) is 42.8 cm³/mol. The van der Waals surface area contributed by atoms with Gasteiger partial charge in [0.25, 0.3) is 0 Å². The topological polar surface area (TPSA) is 46.5 Å². The Morgan fingerprint density at radius 2 is 2.25 bits per heavy atom. The lowest BCUT2D eigenvalue weighted by atomic mass is 10.1. The third-order valence-corrected chi connectivity index (χ3v) is 2.90. The number of hydrogen-bond acceptors (Lipinski definition) is 2. The summed E-state index contributed by atoms with van der Waals surface area (Å²) < 4.78 is 5.60. The highest BCUT2D eigenvalue weighted by Crippen LogP contribution is 2.46. The summed E-state index contributed by atoms with van der Waals surface area (Å²) in [6, 6.07) is 0. The van der Waals surface area contributed by atoms with E-state index in [0.29, 0.717) is 12.0 Å². The first-order valence-corrected chi connectivity index (χ1v) is 4.56. The van der Waals surface area contributed by atoms with E-state index < -0.39 is 5.97 Å². The minimum Gasteiger partial charge on any atom is -0.481 e. The Morgan fingerprint density at radius 3 is 2.67 bits per heavy atom. The smallest absolute Gasteiger partial charge is 0.306 e. The molecule has 0 aromatic carbocycles. The second kappa shape index (κ2) is 2.73. The Hall–Kier alpha value is -0.570. The van der Waals surface area contributed by atoms with Crippen molar-refractivity contribution in [3.8, 4) is 0 Å².